The minimum Gasteiger partial charge on any atom is -0.481 e. The number of benzene rings is 2. The normalized spacial score (nSPS) is 19.6. The molecule has 3 aromatic heterocycles. The van der Waals surface area contributed by atoms with Gasteiger partial charge in [-0.25, -0.2) is 26.9 Å². The first-order chi connectivity index (χ1) is 23.9. The molecule has 6 rings (SSSR count). The fourth-order valence-corrected chi connectivity index (χ4v) is 10.1. The summed E-state index contributed by atoms with van der Waals surface area (Å²) in [4.78, 5) is 24.9. The zero-order valence-electron chi connectivity index (χ0n) is 29.7. The summed E-state index contributed by atoms with van der Waals surface area (Å²) in [5, 5.41) is 15.1. The number of aromatic nitrogens is 5. The van der Waals surface area contributed by atoms with Crippen LogP contribution >= 0.6 is 11.8 Å². The second-order valence-electron chi connectivity index (χ2n) is 15.3. The van der Waals surface area contributed by atoms with E-state index in [4.69, 9.17) is 10.1 Å². The number of pyridine rings is 1. The van der Waals surface area contributed by atoms with Crippen LogP contribution in [0.1, 0.15) is 76.4 Å². The second kappa shape index (κ2) is 13.5. The summed E-state index contributed by atoms with van der Waals surface area (Å²) in [7, 11) is -1.83. The third kappa shape index (κ3) is 7.46. The third-order valence-corrected chi connectivity index (χ3v) is 13.2. The van der Waals surface area contributed by atoms with Crippen LogP contribution in [-0.2, 0) is 39.9 Å². The van der Waals surface area contributed by atoms with Crippen LogP contribution in [0.15, 0.2) is 64.6 Å². The molecule has 51 heavy (non-hydrogen) atoms. The van der Waals surface area contributed by atoms with Gasteiger partial charge in [0.2, 0.25) is 0 Å². The first-order valence-corrected chi connectivity index (χ1v) is 19.6. The van der Waals surface area contributed by atoms with E-state index in [1.54, 1.807) is 50.0 Å². The highest BCUT2D eigenvalue weighted by atomic mass is 32.2. The molecule has 0 radical (unpaired) electrons. The molecule has 13 heteroatoms. The van der Waals surface area contributed by atoms with E-state index < -0.39 is 43.7 Å². The number of fused-ring (bicyclic) bond motifs is 8. The molecule has 4 bridgehead atoms. The van der Waals surface area contributed by atoms with Crippen molar-refractivity contribution in [2.45, 2.75) is 81.9 Å². The zero-order chi connectivity index (χ0) is 36.9. The first kappa shape index (κ1) is 36.7. The van der Waals surface area contributed by atoms with Crippen LogP contribution in [0.2, 0.25) is 0 Å². The molecule has 0 saturated heterocycles. The van der Waals surface area contributed by atoms with E-state index in [0.29, 0.717) is 58.9 Å². The van der Waals surface area contributed by atoms with Gasteiger partial charge < -0.3 is 10.1 Å². The highest BCUT2D eigenvalue weighted by molar-refractivity contribution is 7.99. The maximum absolute atomic E-state index is 15.8. The molecule has 1 aliphatic heterocycles. The Morgan fingerprint density at radius 3 is 2.61 bits per heavy atom. The van der Waals surface area contributed by atoms with Gasteiger partial charge in [0, 0.05) is 29.7 Å². The molecular formula is C38H43F2N5O4S2. The highest BCUT2D eigenvalue weighted by Gasteiger charge is 2.37. The number of aliphatic carboxylic acids is 1. The van der Waals surface area contributed by atoms with Gasteiger partial charge >= 0.3 is 5.97 Å². The number of carboxylic acid groups (broad SMARTS) is 1. The number of rotatable bonds is 4. The molecule has 2 aromatic carbocycles. The number of hydrogen-bond donors (Lipinski definition) is 2. The summed E-state index contributed by atoms with van der Waals surface area (Å²) in [6.45, 7) is 9.34. The van der Waals surface area contributed by atoms with Crippen molar-refractivity contribution >= 4 is 38.5 Å². The van der Waals surface area contributed by atoms with Gasteiger partial charge in [-0.1, -0.05) is 56.3 Å². The summed E-state index contributed by atoms with van der Waals surface area (Å²) in [5.41, 5.74) is 0.424. The van der Waals surface area contributed by atoms with Crippen LogP contribution in [0.5, 0.6) is 0 Å². The Morgan fingerprint density at radius 2 is 1.86 bits per heavy atom. The highest BCUT2D eigenvalue weighted by Crippen LogP contribution is 2.42. The van der Waals surface area contributed by atoms with E-state index in [2.05, 4.69) is 16.9 Å². The van der Waals surface area contributed by atoms with Crippen LogP contribution < -0.4 is 0 Å². The van der Waals surface area contributed by atoms with Crippen molar-refractivity contribution in [3.63, 3.8) is 0 Å². The Labute approximate surface area is 301 Å². The summed E-state index contributed by atoms with van der Waals surface area (Å²) >= 11 is 1.02. The van der Waals surface area contributed by atoms with Crippen molar-refractivity contribution in [3.8, 4) is 11.5 Å². The molecule has 5 aromatic rings. The number of aromatic amines is 1. The second-order valence-corrected chi connectivity index (χ2v) is 18.6. The molecular weight excluding hydrogens is 693 g/mol. The topological polar surface area (TPSA) is 131 Å². The van der Waals surface area contributed by atoms with Crippen LogP contribution in [0, 0.1) is 22.5 Å². The van der Waals surface area contributed by atoms with Gasteiger partial charge in [0.15, 0.2) is 33.1 Å². The number of halogens is 2. The number of nitrogens with zero attached hydrogens (tertiary/aromatic N) is 4. The predicted octanol–water partition coefficient (Wildman–Crippen LogP) is 7.91. The van der Waals surface area contributed by atoms with E-state index in [1.165, 1.54) is 6.20 Å². The van der Waals surface area contributed by atoms with E-state index in [0.717, 1.165) is 22.9 Å². The van der Waals surface area contributed by atoms with Crippen LogP contribution in [-0.4, -0.2) is 55.7 Å². The van der Waals surface area contributed by atoms with Crippen molar-refractivity contribution < 1.29 is 27.1 Å². The molecule has 0 unspecified atom stereocenters. The van der Waals surface area contributed by atoms with Gasteiger partial charge in [-0.15, -0.1) is 0 Å². The molecule has 0 aliphatic carbocycles. The Balaban J connectivity index is 1.49. The van der Waals surface area contributed by atoms with Crippen LogP contribution in [0.25, 0.3) is 22.4 Å². The lowest BCUT2D eigenvalue weighted by Crippen LogP contribution is -2.30. The molecule has 0 spiro atoms. The number of carbonyl (C=O) groups is 1. The van der Waals surface area contributed by atoms with Crippen LogP contribution in [0.4, 0.5) is 8.78 Å². The molecule has 2 N–H and O–H groups in total. The molecule has 0 amide bonds. The summed E-state index contributed by atoms with van der Waals surface area (Å²) < 4.78 is 60.1. The SMILES string of the molecule is Cn1nc2nc1-c1cc(ccn1)Sc1c(F)c(F)c3[nH]ccc3c1CCS(=O)(=O)CC(C)(C)CCC[C@]2(C)c1cccc(CC(C)(C)C(=O)O)c1. The Kier molecular flexibility index (Phi) is 9.68. The Morgan fingerprint density at radius 1 is 1.10 bits per heavy atom. The van der Waals surface area contributed by atoms with Gasteiger partial charge in [-0.2, -0.15) is 5.10 Å². The lowest BCUT2D eigenvalue weighted by molar-refractivity contribution is -0.146. The number of aryl methyl sites for hydroxylation is 2. The smallest absolute Gasteiger partial charge is 0.309 e. The fourth-order valence-electron chi connectivity index (χ4n) is 7.09. The first-order valence-electron chi connectivity index (χ1n) is 17.0. The van der Waals surface area contributed by atoms with E-state index in [1.807, 2.05) is 38.1 Å². The summed E-state index contributed by atoms with van der Waals surface area (Å²) in [6.07, 6.45) is 5.29. The summed E-state index contributed by atoms with van der Waals surface area (Å²) in [6, 6.07) is 12.9. The molecule has 9 nitrogen and oxygen atoms in total. The molecule has 270 valence electrons. The molecule has 1 atom stereocenters. The Bertz CT molecular complexity index is 2250. The van der Waals surface area contributed by atoms with Gasteiger partial charge in [0.25, 0.3) is 0 Å². The zero-order valence-corrected chi connectivity index (χ0v) is 31.3. The Hall–Kier alpha value is -4.10. The number of sulfone groups is 1. The van der Waals surface area contributed by atoms with Crippen molar-refractivity contribution in [2.75, 3.05) is 11.5 Å². The quantitative estimate of drug-likeness (QED) is 0.191. The predicted molar refractivity (Wildman–Crippen MR) is 195 cm³/mol. The number of H-pyrrole nitrogens is 1. The molecule has 4 heterocycles. The monoisotopic (exact) mass is 735 g/mol. The van der Waals surface area contributed by atoms with Crippen molar-refractivity contribution in [1.82, 2.24) is 24.7 Å². The van der Waals surface area contributed by atoms with Gasteiger partial charge in [0.1, 0.15) is 5.69 Å². The molecule has 0 saturated carbocycles. The van der Waals surface area contributed by atoms with Crippen molar-refractivity contribution in [3.05, 3.63) is 89.0 Å². The summed E-state index contributed by atoms with van der Waals surface area (Å²) in [5.74, 6) is -2.21. The average molecular weight is 736 g/mol. The van der Waals surface area contributed by atoms with E-state index in [9.17, 15) is 18.3 Å². The maximum atomic E-state index is 15.8. The standard InChI is InChI=1S/C38H43F2N5O4S2/c1-36(2)14-8-15-38(5,24-10-7-9-23(19-24)21-37(3,4)35(46)47)34-43-33(45(6)44-34)28-20-25(11-16-41-28)50-32-27(13-18-51(48,49)22-36)26-12-17-42-31(26)29(39)30(32)40/h7,9-12,16-17,19-20,42H,8,13-15,18,21-22H2,1-6H3,(H,46,47)/t38-/m1/s1. The number of nitrogens with one attached hydrogen (secondary N) is 1. The fraction of sp³-hybridized carbons (Fsp3) is 0.421. The van der Waals surface area contributed by atoms with Crippen LogP contribution in [0.3, 0.4) is 0 Å². The average Bonchev–Trinajstić information content (AvgIpc) is 3.70. The molecule has 1 aliphatic rings. The van der Waals surface area contributed by atoms with Gasteiger partial charge in [-0.3, -0.25) is 9.78 Å². The van der Waals surface area contributed by atoms with Crippen molar-refractivity contribution in [1.29, 1.82) is 0 Å². The largest absolute Gasteiger partial charge is 0.481 e. The lowest BCUT2D eigenvalue weighted by Gasteiger charge is -2.31. The minimum absolute atomic E-state index is 0.00735. The van der Waals surface area contributed by atoms with Gasteiger partial charge in [0.05, 0.1) is 32.7 Å². The number of hydrogen-bond acceptors (Lipinski definition) is 7. The van der Waals surface area contributed by atoms with Crippen molar-refractivity contribution in [2.24, 2.45) is 17.9 Å². The van der Waals surface area contributed by atoms with E-state index in [-0.39, 0.29) is 28.3 Å². The molecule has 0 fully saturated rings. The van der Waals surface area contributed by atoms with Gasteiger partial charge in [-0.05, 0) is 86.8 Å². The maximum Gasteiger partial charge on any atom is 0.309 e. The minimum atomic E-state index is -3.61. The van der Waals surface area contributed by atoms with E-state index >= 15 is 8.78 Å². The number of carboxylic acids is 1. The third-order valence-electron chi connectivity index (χ3n) is 9.99. The lowest BCUT2D eigenvalue weighted by atomic mass is 9.74.